The van der Waals surface area contributed by atoms with Crippen molar-refractivity contribution >= 4 is 38.3 Å². The number of aryl methyl sites for hydroxylation is 1. The number of aromatic nitrogens is 3. The van der Waals surface area contributed by atoms with Crippen molar-refractivity contribution in [3.63, 3.8) is 0 Å². The average molecular weight is 485 g/mol. The Balaban J connectivity index is 1.31. The van der Waals surface area contributed by atoms with Gasteiger partial charge in [0, 0.05) is 23.1 Å². The van der Waals surface area contributed by atoms with Gasteiger partial charge in [-0.05, 0) is 62.7 Å². The van der Waals surface area contributed by atoms with Crippen LogP contribution in [-0.4, -0.2) is 24.8 Å². The molecule has 2 atom stereocenters. The number of alkyl halides is 3. The van der Waals surface area contributed by atoms with E-state index in [2.05, 4.69) is 31.2 Å². The molecule has 4 saturated carbocycles. The number of anilines is 1. The van der Waals surface area contributed by atoms with E-state index in [1.807, 2.05) is 0 Å². The normalized spacial score (nSPS) is 32.9. The molecule has 6 rings (SSSR count). The summed E-state index contributed by atoms with van der Waals surface area (Å²) in [4.78, 5) is 21.9. The van der Waals surface area contributed by atoms with Gasteiger partial charge in [-0.1, -0.05) is 27.3 Å². The van der Waals surface area contributed by atoms with Crippen LogP contribution in [0.4, 0.5) is 13.9 Å². The Morgan fingerprint density at radius 2 is 2.10 bits per heavy atom. The average Bonchev–Trinajstić information content (AvgIpc) is 3.18. The van der Waals surface area contributed by atoms with E-state index < -0.39 is 6.55 Å². The van der Waals surface area contributed by atoms with Crippen molar-refractivity contribution in [2.75, 3.05) is 5.32 Å². The first-order valence-electron chi connectivity index (χ1n) is 10.0. The van der Waals surface area contributed by atoms with Gasteiger partial charge in [0.1, 0.15) is 0 Å². The molecule has 2 unspecified atom stereocenters. The highest BCUT2D eigenvalue weighted by atomic mass is 79.9. The number of imidazole rings is 1. The molecule has 156 valence electrons. The Kier molecular flexibility index (Phi) is 4.62. The van der Waals surface area contributed by atoms with Crippen LogP contribution in [-0.2, 0) is 4.79 Å². The van der Waals surface area contributed by atoms with Gasteiger partial charge in [-0.25, -0.2) is 9.97 Å². The van der Waals surface area contributed by atoms with Crippen molar-refractivity contribution in [3.8, 4) is 10.7 Å². The number of nitrogens with one attached hydrogen (secondary N) is 1. The summed E-state index contributed by atoms with van der Waals surface area (Å²) in [5.41, 5.74) is 0.672. The van der Waals surface area contributed by atoms with Gasteiger partial charge in [0.25, 0.3) is 0 Å². The summed E-state index contributed by atoms with van der Waals surface area (Å²) in [6, 6.07) is 0. The number of amides is 1. The summed E-state index contributed by atoms with van der Waals surface area (Å²) in [5, 5.41) is 3.38. The zero-order valence-corrected chi connectivity index (χ0v) is 18.5. The first-order valence-corrected chi connectivity index (χ1v) is 11.6. The van der Waals surface area contributed by atoms with E-state index in [-0.39, 0.29) is 21.5 Å². The van der Waals surface area contributed by atoms with Crippen molar-refractivity contribution in [2.24, 2.45) is 17.3 Å². The van der Waals surface area contributed by atoms with Crippen LogP contribution >= 0.6 is 27.3 Å². The Bertz CT molecular complexity index is 944. The number of nitrogens with zero attached hydrogens (tertiary/aromatic N) is 3. The molecule has 29 heavy (non-hydrogen) atoms. The number of thiazole rings is 1. The van der Waals surface area contributed by atoms with Crippen LogP contribution in [0.25, 0.3) is 10.7 Å². The summed E-state index contributed by atoms with van der Waals surface area (Å²) in [7, 11) is 0. The number of hydrogen-bond acceptors (Lipinski definition) is 4. The van der Waals surface area contributed by atoms with Gasteiger partial charge in [-0.3, -0.25) is 9.36 Å². The molecule has 4 bridgehead atoms. The maximum atomic E-state index is 13.2. The molecule has 4 aliphatic rings. The second kappa shape index (κ2) is 6.83. The molecule has 0 aliphatic heterocycles. The third-order valence-corrected chi connectivity index (χ3v) is 8.77. The second-order valence-corrected chi connectivity index (χ2v) is 11.9. The van der Waals surface area contributed by atoms with Crippen molar-refractivity contribution < 1.29 is 13.6 Å². The molecular weight excluding hydrogens is 462 g/mol. The largest absolute Gasteiger partial charge is 0.320 e. The fourth-order valence-corrected chi connectivity index (χ4v) is 8.84. The van der Waals surface area contributed by atoms with Crippen LogP contribution in [0.15, 0.2) is 12.4 Å². The summed E-state index contributed by atoms with van der Waals surface area (Å²) in [6.07, 6.45) is 10.2. The number of rotatable bonds is 5. The van der Waals surface area contributed by atoms with Gasteiger partial charge in [-0.15, -0.1) is 0 Å². The van der Waals surface area contributed by atoms with E-state index in [1.165, 1.54) is 43.0 Å². The lowest BCUT2D eigenvalue weighted by molar-refractivity contribution is -0.123. The monoisotopic (exact) mass is 484 g/mol. The minimum Gasteiger partial charge on any atom is -0.302 e. The highest BCUT2D eigenvalue weighted by Gasteiger charge is 2.57. The van der Waals surface area contributed by atoms with Crippen LogP contribution in [0.3, 0.4) is 0 Å². The molecule has 9 heteroatoms. The Morgan fingerprint density at radius 1 is 1.38 bits per heavy atom. The Morgan fingerprint density at radius 3 is 2.76 bits per heavy atom. The van der Waals surface area contributed by atoms with Crippen LogP contribution in [0.2, 0.25) is 0 Å². The van der Waals surface area contributed by atoms with Gasteiger partial charge >= 0.3 is 6.55 Å². The molecule has 0 aromatic carbocycles. The fraction of sp³-hybridized carbons (Fsp3) is 0.650. The van der Waals surface area contributed by atoms with Crippen molar-refractivity contribution in [1.82, 2.24) is 14.5 Å². The fourth-order valence-electron chi connectivity index (χ4n) is 6.35. The molecular formula is C20H23BrF2N4OS. The zero-order chi connectivity index (χ0) is 20.4. The SMILES string of the molecule is Cc1nc(NC(=O)CC23CC4CC(CC(Br)(C4)C2)C3)sc1-c1nccn1C(F)F. The highest BCUT2D eigenvalue weighted by Crippen LogP contribution is 2.65. The van der Waals surface area contributed by atoms with E-state index in [9.17, 15) is 13.6 Å². The second-order valence-electron chi connectivity index (χ2n) is 9.21. The number of carbonyl (C=O) groups excluding carboxylic acids is 1. The molecule has 4 fully saturated rings. The van der Waals surface area contributed by atoms with Crippen molar-refractivity contribution in [1.29, 1.82) is 0 Å². The first kappa shape index (κ1) is 19.6. The zero-order valence-electron chi connectivity index (χ0n) is 16.1. The van der Waals surface area contributed by atoms with E-state index in [0.29, 0.717) is 22.1 Å². The maximum Gasteiger partial charge on any atom is 0.320 e. The predicted molar refractivity (Wildman–Crippen MR) is 111 cm³/mol. The predicted octanol–water partition coefficient (Wildman–Crippen LogP) is 5.77. The van der Waals surface area contributed by atoms with Gasteiger partial charge < -0.3 is 5.32 Å². The van der Waals surface area contributed by atoms with E-state index in [4.69, 9.17) is 0 Å². The number of carbonyl (C=O) groups is 1. The van der Waals surface area contributed by atoms with Crippen molar-refractivity contribution in [2.45, 2.75) is 62.7 Å². The Labute approximate surface area is 180 Å². The summed E-state index contributed by atoms with van der Waals surface area (Å²) >= 11 is 5.19. The smallest absolute Gasteiger partial charge is 0.302 e. The van der Waals surface area contributed by atoms with Crippen LogP contribution in [0.5, 0.6) is 0 Å². The molecule has 2 aromatic rings. The lowest BCUT2D eigenvalue weighted by atomic mass is 9.48. The molecule has 2 aromatic heterocycles. The van der Waals surface area contributed by atoms with Crippen LogP contribution in [0.1, 0.15) is 57.2 Å². The quantitative estimate of drug-likeness (QED) is 0.547. The molecule has 2 heterocycles. The molecule has 1 N–H and O–H groups in total. The summed E-state index contributed by atoms with van der Waals surface area (Å²) < 4.78 is 27.4. The van der Waals surface area contributed by atoms with Crippen LogP contribution < -0.4 is 5.32 Å². The topological polar surface area (TPSA) is 59.8 Å². The standard InChI is InChI=1S/C20H23BrF2N4OS/c1-11-15(16-24-2-3-27(16)17(22)23)29-18(25-11)26-14(28)9-19-5-12-4-13(6-19)8-20(21,7-12)10-19/h2-3,12-13,17H,4-10H2,1H3,(H,25,26,28). The molecule has 0 spiro atoms. The first-order chi connectivity index (χ1) is 13.7. The van der Waals surface area contributed by atoms with Gasteiger partial charge in [0.15, 0.2) is 11.0 Å². The van der Waals surface area contributed by atoms with E-state index in [1.54, 1.807) is 6.92 Å². The van der Waals surface area contributed by atoms with Gasteiger partial charge in [0.2, 0.25) is 5.91 Å². The third kappa shape index (κ3) is 3.54. The van der Waals surface area contributed by atoms with E-state index in [0.717, 1.165) is 35.7 Å². The minimum absolute atomic E-state index is 0.0273. The molecule has 1 amide bonds. The van der Waals surface area contributed by atoms with Crippen LogP contribution in [0, 0.1) is 24.2 Å². The van der Waals surface area contributed by atoms with Gasteiger partial charge in [-0.2, -0.15) is 8.78 Å². The van der Waals surface area contributed by atoms with Gasteiger partial charge in [0.05, 0.1) is 10.6 Å². The van der Waals surface area contributed by atoms with Crippen molar-refractivity contribution in [3.05, 3.63) is 18.1 Å². The maximum absolute atomic E-state index is 13.2. The molecule has 5 nitrogen and oxygen atoms in total. The van der Waals surface area contributed by atoms with E-state index >= 15 is 0 Å². The lowest BCUT2D eigenvalue weighted by Gasteiger charge is -2.60. The third-order valence-electron chi connectivity index (χ3n) is 6.77. The summed E-state index contributed by atoms with van der Waals surface area (Å²) in [5.74, 6) is 1.61. The highest BCUT2D eigenvalue weighted by molar-refractivity contribution is 9.10. The molecule has 0 saturated heterocycles. The Hall–Kier alpha value is -1.35. The minimum atomic E-state index is -2.67. The molecule has 4 aliphatic carbocycles. The lowest BCUT2D eigenvalue weighted by Crippen LogP contribution is -2.53. The summed E-state index contributed by atoms with van der Waals surface area (Å²) in [6.45, 7) is -0.917. The number of halogens is 3. The molecule has 0 radical (unpaired) electrons. The number of hydrogen-bond donors (Lipinski definition) is 1.